The third-order valence-electron chi connectivity index (χ3n) is 6.40. The third kappa shape index (κ3) is 5.44. The lowest BCUT2D eigenvalue weighted by atomic mass is 9.97. The first-order valence-corrected chi connectivity index (χ1v) is 12.1. The Bertz CT molecular complexity index is 1460. The highest BCUT2D eigenvalue weighted by molar-refractivity contribution is 5.94. The molecule has 0 spiro atoms. The fourth-order valence-corrected chi connectivity index (χ4v) is 4.43. The molecule has 1 aliphatic rings. The summed E-state index contributed by atoms with van der Waals surface area (Å²) in [6.45, 7) is 0.978. The highest BCUT2D eigenvalue weighted by Crippen LogP contribution is 2.32. The smallest absolute Gasteiger partial charge is 0.357 e. The van der Waals surface area contributed by atoms with E-state index in [1.54, 1.807) is 19.2 Å². The van der Waals surface area contributed by atoms with E-state index in [1.807, 2.05) is 36.4 Å². The lowest BCUT2D eigenvalue weighted by molar-refractivity contribution is -0.138. The van der Waals surface area contributed by atoms with Gasteiger partial charge in [-0.15, -0.1) is 0 Å². The number of nitrogens with one attached hydrogen (secondary N) is 2. The molecule has 0 unspecified atom stereocenters. The van der Waals surface area contributed by atoms with E-state index in [0.717, 1.165) is 22.8 Å². The Morgan fingerprint density at radius 3 is 2.47 bits per heavy atom. The quantitative estimate of drug-likeness (QED) is 0.370. The molecule has 194 valence electrons. The average Bonchev–Trinajstić information content (AvgIpc) is 2.95. The van der Waals surface area contributed by atoms with E-state index in [4.69, 9.17) is 4.98 Å². The van der Waals surface area contributed by atoms with E-state index < -0.39 is 17.6 Å². The van der Waals surface area contributed by atoms with Crippen molar-refractivity contribution in [2.75, 3.05) is 23.8 Å². The van der Waals surface area contributed by atoms with Crippen LogP contribution >= 0.6 is 0 Å². The first-order valence-electron chi connectivity index (χ1n) is 12.1. The molecule has 2 N–H and O–H groups in total. The molecule has 10 heteroatoms. The topological polar surface area (TPSA) is 83.0 Å². The van der Waals surface area contributed by atoms with Crippen molar-refractivity contribution in [3.63, 3.8) is 0 Å². The third-order valence-corrected chi connectivity index (χ3v) is 6.40. The van der Waals surface area contributed by atoms with Gasteiger partial charge < -0.3 is 15.5 Å². The Morgan fingerprint density at radius 2 is 1.71 bits per heavy atom. The fourth-order valence-electron chi connectivity index (χ4n) is 4.43. The number of carbonyl (C=O) groups is 1. The summed E-state index contributed by atoms with van der Waals surface area (Å²) in [5.74, 6) is 1.18. The summed E-state index contributed by atoms with van der Waals surface area (Å²) in [5, 5.41) is 5.62. The van der Waals surface area contributed by atoms with Gasteiger partial charge in [0.15, 0.2) is 5.82 Å². The van der Waals surface area contributed by atoms with Gasteiger partial charge in [-0.1, -0.05) is 54.6 Å². The summed E-state index contributed by atoms with van der Waals surface area (Å²) in [5.41, 5.74) is 2.61. The van der Waals surface area contributed by atoms with Gasteiger partial charge in [0, 0.05) is 37.8 Å². The van der Waals surface area contributed by atoms with Gasteiger partial charge >= 0.3 is 6.18 Å². The van der Waals surface area contributed by atoms with Gasteiger partial charge in [0.05, 0.1) is 5.56 Å². The predicted octanol–water partition coefficient (Wildman–Crippen LogP) is 5.09. The zero-order valence-corrected chi connectivity index (χ0v) is 20.6. The average molecular weight is 519 g/mol. The second kappa shape index (κ2) is 10.5. The first-order chi connectivity index (χ1) is 18.3. The number of benzene rings is 3. The Morgan fingerprint density at radius 1 is 0.947 bits per heavy atom. The van der Waals surface area contributed by atoms with Gasteiger partial charge in [0.1, 0.15) is 0 Å². The Balaban J connectivity index is 1.31. The molecule has 7 nitrogen and oxygen atoms in total. The lowest BCUT2D eigenvalue weighted by Crippen LogP contribution is -2.32. The SMILES string of the molecule is CNc1nc(-c2ccccc2)nc(N2CCc3cc(C(=O)NCc4ccccc4C(F)(F)F)ccc3C2)n1. The molecule has 0 bridgehead atoms. The standard InChI is InChI=1S/C28H25F3N6O/c1-32-26-34-24(18-7-3-2-4-8-18)35-27(36-26)37-14-13-19-15-20(11-12-22(19)17-37)25(38)33-16-21-9-5-6-10-23(21)28(29,30)31/h2-12,15H,13-14,16-17H2,1H3,(H,33,38)(H,32,34,35,36). The molecule has 1 aromatic heterocycles. The van der Waals surface area contributed by atoms with Crippen LogP contribution in [0.25, 0.3) is 11.4 Å². The zero-order valence-electron chi connectivity index (χ0n) is 20.6. The molecule has 38 heavy (non-hydrogen) atoms. The maximum Gasteiger partial charge on any atom is 0.416 e. The number of nitrogens with zero attached hydrogens (tertiary/aromatic N) is 4. The van der Waals surface area contributed by atoms with E-state index in [1.165, 1.54) is 18.2 Å². The van der Waals surface area contributed by atoms with Gasteiger partial charge in [-0.2, -0.15) is 28.1 Å². The van der Waals surface area contributed by atoms with Crippen molar-refractivity contribution in [2.24, 2.45) is 0 Å². The van der Waals surface area contributed by atoms with Crippen LogP contribution in [0.5, 0.6) is 0 Å². The highest BCUT2D eigenvalue weighted by atomic mass is 19.4. The number of fused-ring (bicyclic) bond motifs is 1. The maximum atomic E-state index is 13.3. The van der Waals surface area contributed by atoms with Crippen LogP contribution in [-0.2, 0) is 25.7 Å². The van der Waals surface area contributed by atoms with Crippen molar-refractivity contribution in [1.29, 1.82) is 0 Å². The zero-order chi connectivity index (χ0) is 26.7. The van der Waals surface area contributed by atoms with Gasteiger partial charge in [-0.25, -0.2) is 0 Å². The number of hydrogen-bond donors (Lipinski definition) is 2. The molecule has 0 atom stereocenters. The van der Waals surface area contributed by atoms with Gasteiger partial charge in [0.25, 0.3) is 5.91 Å². The highest BCUT2D eigenvalue weighted by Gasteiger charge is 2.33. The van der Waals surface area contributed by atoms with Crippen molar-refractivity contribution in [3.8, 4) is 11.4 Å². The van der Waals surface area contributed by atoms with Crippen LogP contribution in [0.1, 0.15) is 32.6 Å². The number of hydrogen-bond acceptors (Lipinski definition) is 6. The molecule has 0 aliphatic carbocycles. The van der Waals surface area contributed by atoms with Crippen LogP contribution in [0, 0.1) is 0 Å². The largest absolute Gasteiger partial charge is 0.416 e. The van der Waals surface area contributed by atoms with Crippen LogP contribution < -0.4 is 15.5 Å². The van der Waals surface area contributed by atoms with Crippen LogP contribution in [0.3, 0.4) is 0 Å². The summed E-state index contributed by atoms with van der Waals surface area (Å²) in [6, 6.07) is 20.3. The van der Waals surface area contributed by atoms with Gasteiger partial charge in [-0.05, 0) is 41.3 Å². The molecule has 3 aromatic carbocycles. The summed E-state index contributed by atoms with van der Waals surface area (Å²) in [6.07, 6.45) is -3.82. The number of amides is 1. The second-order valence-electron chi connectivity index (χ2n) is 8.89. The number of alkyl halides is 3. The van der Waals surface area contributed by atoms with Gasteiger partial charge in [-0.3, -0.25) is 4.79 Å². The molecule has 5 rings (SSSR count). The molecule has 0 saturated carbocycles. The van der Waals surface area contributed by atoms with Crippen molar-refractivity contribution in [2.45, 2.75) is 25.7 Å². The molecule has 0 radical (unpaired) electrons. The normalized spacial score (nSPS) is 13.1. The van der Waals surface area contributed by atoms with Gasteiger partial charge in [0.2, 0.25) is 11.9 Å². The van der Waals surface area contributed by atoms with E-state index in [0.29, 0.717) is 42.8 Å². The molecular formula is C28H25F3N6O. The van der Waals surface area contributed by atoms with Crippen molar-refractivity contribution in [3.05, 3.63) is 101 Å². The predicted molar refractivity (Wildman–Crippen MR) is 139 cm³/mol. The summed E-state index contributed by atoms with van der Waals surface area (Å²) in [7, 11) is 1.76. The van der Waals surface area contributed by atoms with Crippen LogP contribution in [0.2, 0.25) is 0 Å². The minimum absolute atomic E-state index is 0.0233. The van der Waals surface area contributed by atoms with Crippen molar-refractivity contribution in [1.82, 2.24) is 20.3 Å². The van der Waals surface area contributed by atoms with E-state index >= 15 is 0 Å². The number of rotatable bonds is 6. The molecule has 1 amide bonds. The Hall–Kier alpha value is -4.47. The number of halogens is 3. The van der Waals surface area contributed by atoms with E-state index in [2.05, 4.69) is 25.5 Å². The van der Waals surface area contributed by atoms with Crippen LogP contribution in [0.4, 0.5) is 25.1 Å². The van der Waals surface area contributed by atoms with Crippen LogP contribution in [0.15, 0.2) is 72.8 Å². The summed E-state index contributed by atoms with van der Waals surface area (Å²) in [4.78, 5) is 28.5. The lowest BCUT2D eigenvalue weighted by Gasteiger charge is -2.29. The van der Waals surface area contributed by atoms with E-state index in [9.17, 15) is 18.0 Å². The van der Waals surface area contributed by atoms with Crippen LogP contribution in [-0.4, -0.2) is 34.5 Å². The maximum absolute atomic E-state index is 13.3. The fraction of sp³-hybridized carbons (Fsp3) is 0.214. The Kier molecular flexibility index (Phi) is 6.95. The number of aromatic nitrogens is 3. The molecule has 2 heterocycles. The molecule has 0 saturated heterocycles. The van der Waals surface area contributed by atoms with Crippen molar-refractivity contribution >= 4 is 17.8 Å². The van der Waals surface area contributed by atoms with Crippen molar-refractivity contribution < 1.29 is 18.0 Å². The molecule has 4 aromatic rings. The summed E-state index contributed by atoms with van der Waals surface area (Å²) >= 11 is 0. The first kappa shape index (κ1) is 25.2. The summed E-state index contributed by atoms with van der Waals surface area (Å²) < 4.78 is 39.8. The Labute approximate surface area is 217 Å². The second-order valence-corrected chi connectivity index (χ2v) is 8.89. The monoisotopic (exact) mass is 518 g/mol. The minimum atomic E-state index is -4.48. The number of carbonyl (C=O) groups excluding carboxylic acids is 1. The molecule has 1 aliphatic heterocycles. The molecular weight excluding hydrogens is 493 g/mol. The molecule has 0 fully saturated rings. The van der Waals surface area contributed by atoms with E-state index in [-0.39, 0.29) is 12.1 Å². The minimum Gasteiger partial charge on any atom is -0.357 e. The number of anilines is 2.